The summed E-state index contributed by atoms with van der Waals surface area (Å²) in [6.45, 7) is 7.58. The zero-order valence-electron chi connectivity index (χ0n) is 22.3. The second-order valence-electron chi connectivity index (χ2n) is 10.1. The van der Waals surface area contributed by atoms with E-state index in [2.05, 4.69) is 11.4 Å². The topological polar surface area (TPSA) is 84.9 Å². The molecule has 0 heterocycles. The van der Waals surface area contributed by atoms with Crippen LogP contribution in [-0.4, -0.2) is 48.8 Å². The molecule has 0 bridgehead atoms. The monoisotopic (exact) mass is 502 g/mol. The lowest BCUT2D eigenvalue weighted by atomic mass is 10.0. The van der Waals surface area contributed by atoms with Crippen molar-refractivity contribution in [1.82, 2.24) is 10.2 Å². The highest BCUT2D eigenvalue weighted by Crippen LogP contribution is 2.22. The number of ether oxygens (including phenoxy) is 2. The third kappa shape index (κ3) is 8.20. The summed E-state index contributed by atoms with van der Waals surface area (Å²) in [6.07, 6.45) is 1.71. The molecule has 0 aromatic heterocycles. The van der Waals surface area contributed by atoms with Crippen molar-refractivity contribution in [2.45, 2.75) is 39.7 Å². The van der Waals surface area contributed by atoms with Gasteiger partial charge in [-0.25, -0.2) is 0 Å². The van der Waals surface area contributed by atoms with Crippen molar-refractivity contribution in [2.24, 2.45) is 0 Å². The zero-order chi connectivity index (χ0) is 27.2. The Bertz CT molecular complexity index is 1320. The van der Waals surface area contributed by atoms with Gasteiger partial charge in [0.2, 0.25) is 5.78 Å². The first kappa shape index (κ1) is 27.5. The second-order valence-corrected chi connectivity index (χ2v) is 10.1. The maximum absolute atomic E-state index is 13.3. The summed E-state index contributed by atoms with van der Waals surface area (Å²) < 4.78 is 11.2. The Morgan fingerprint density at radius 1 is 0.892 bits per heavy atom. The predicted molar refractivity (Wildman–Crippen MR) is 145 cm³/mol. The smallest absolute Gasteiger partial charge is 0.308 e. The van der Waals surface area contributed by atoms with E-state index in [1.807, 2.05) is 45.3 Å². The predicted octanol–water partition coefficient (Wildman–Crippen LogP) is 5.27. The molecule has 3 aromatic carbocycles. The van der Waals surface area contributed by atoms with Crippen molar-refractivity contribution in [3.63, 3.8) is 0 Å². The number of nitrogens with one attached hydrogen (secondary N) is 1. The van der Waals surface area contributed by atoms with Gasteiger partial charge in [0.1, 0.15) is 11.4 Å². The van der Waals surface area contributed by atoms with Crippen molar-refractivity contribution in [3.05, 3.63) is 89.3 Å². The molecule has 3 aromatic rings. The van der Waals surface area contributed by atoms with Crippen LogP contribution in [-0.2, 0) is 9.53 Å². The summed E-state index contributed by atoms with van der Waals surface area (Å²) in [6, 6.07) is 18.1. The zero-order valence-corrected chi connectivity index (χ0v) is 22.3. The highest BCUT2D eigenvalue weighted by molar-refractivity contribution is 6.09. The average molecular weight is 503 g/mol. The number of ketones is 1. The molecule has 0 aliphatic carbocycles. The van der Waals surface area contributed by atoms with Gasteiger partial charge in [-0.15, -0.1) is 0 Å². The number of hydrogen-bond acceptors (Lipinski definition) is 6. The number of rotatable bonds is 9. The number of nitrogens with zero attached hydrogens (tertiary/aromatic N) is 1. The lowest BCUT2D eigenvalue weighted by molar-refractivity contribution is -0.154. The van der Waals surface area contributed by atoms with E-state index in [0.29, 0.717) is 16.9 Å². The van der Waals surface area contributed by atoms with E-state index in [1.165, 1.54) is 0 Å². The number of aryl methyl sites for hydroxylation is 1. The summed E-state index contributed by atoms with van der Waals surface area (Å²) in [5.41, 5.74) is 1.52. The summed E-state index contributed by atoms with van der Waals surface area (Å²) in [4.78, 5) is 39.3. The maximum Gasteiger partial charge on any atom is 0.308 e. The Labute approximate surface area is 218 Å². The van der Waals surface area contributed by atoms with Crippen LogP contribution in [0.25, 0.3) is 10.8 Å². The van der Waals surface area contributed by atoms with E-state index in [0.717, 1.165) is 16.3 Å². The van der Waals surface area contributed by atoms with Crippen molar-refractivity contribution in [2.75, 3.05) is 20.6 Å². The molecule has 194 valence electrons. The molecular weight excluding hydrogens is 468 g/mol. The van der Waals surface area contributed by atoms with Crippen molar-refractivity contribution < 1.29 is 23.9 Å². The lowest BCUT2D eigenvalue weighted by Crippen LogP contribution is -2.29. The van der Waals surface area contributed by atoms with Crippen LogP contribution < -0.4 is 10.1 Å². The fourth-order valence-electron chi connectivity index (χ4n) is 3.59. The lowest BCUT2D eigenvalue weighted by Gasteiger charge is -2.19. The molecule has 0 aliphatic heterocycles. The van der Waals surface area contributed by atoms with Crippen LogP contribution in [0.2, 0.25) is 0 Å². The van der Waals surface area contributed by atoms with Crippen LogP contribution >= 0.6 is 0 Å². The summed E-state index contributed by atoms with van der Waals surface area (Å²) >= 11 is 0. The Morgan fingerprint density at radius 2 is 1.51 bits per heavy atom. The molecule has 0 unspecified atom stereocenters. The minimum absolute atomic E-state index is 0.0827. The molecule has 0 spiro atoms. The molecule has 3 rings (SSSR count). The van der Waals surface area contributed by atoms with E-state index in [1.54, 1.807) is 62.2 Å². The minimum atomic E-state index is -0.564. The molecule has 0 aliphatic rings. The fraction of sp³-hybridized carbons (Fsp3) is 0.300. The van der Waals surface area contributed by atoms with Crippen LogP contribution in [0, 0.1) is 6.92 Å². The number of esters is 1. The van der Waals surface area contributed by atoms with Gasteiger partial charge in [0.05, 0.1) is 6.42 Å². The van der Waals surface area contributed by atoms with Crippen molar-refractivity contribution in [3.8, 4) is 5.75 Å². The van der Waals surface area contributed by atoms with Gasteiger partial charge in [-0.3, -0.25) is 14.4 Å². The quantitative estimate of drug-likeness (QED) is 0.186. The standard InChI is InChI=1S/C30H34N2O5/c1-20-7-8-23-18-24(10-9-22(23)17-20)28(34)26(19-32(5)6)36-25-13-11-21(12-14-25)29(35)31-16-15-27(33)37-30(2,3)4/h7-14,17-19H,15-16H2,1-6H3,(H,31,35)/b26-19-. The van der Waals surface area contributed by atoms with Crippen molar-refractivity contribution in [1.29, 1.82) is 0 Å². The van der Waals surface area contributed by atoms with Crippen LogP contribution in [0.3, 0.4) is 0 Å². The number of hydrogen-bond donors (Lipinski definition) is 1. The van der Waals surface area contributed by atoms with E-state index < -0.39 is 5.60 Å². The third-order valence-corrected chi connectivity index (χ3v) is 5.24. The minimum Gasteiger partial charge on any atom is -0.460 e. The van der Waals surface area contributed by atoms with E-state index in [9.17, 15) is 14.4 Å². The second kappa shape index (κ2) is 11.7. The number of allylic oxidation sites excluding steroid dienone is 1. The third-order valence-electron chi connectivity index (χ3n) is 5.24. The van der Waals surface area contributed by atoms with Gasteiger partial charge in [0.15, 0.2) is 5.76 Å². The largest absolute Gasteiger partial charge is 0.460 e. The van der Waals surface area contributed by atoms with Crippen LogP contribution in [0.5, 0.6) is 5.75 Å². The first-order valence-corrected chi connectivity index (χ1v) is 12.1. The number of carbonyl (C=O) groups excluding carboxylic acids is 3. The highest BCUT2D eigenvalue weighted by atomic mass is 16.6. The number of fused-ring (bicyclic) bond motifs is 1. The Kier molecular flexibility index (Phi) is 8.71. The van der Waals surface area contributed by atoms with E-state index in [-0.39, 0.29) is 36.4 Å². The maximum atomic E-state index is 13.3. The fourth-order valence-corrected chi connectivity index (χ4v) is 3.59. The molecule has 37 heavy (non-hydrogen) atoms. The molecule has 0 atom stereocenters. The van der Waals surface area contributed by atoms with Gasteiger partial charge in [-0.05, 0) is 68.8 Å². The number of Topliss-reactive ketones (excluding diaryl/α,β-unsaturated/α-hetero) is 1. The summed E-state index contributed by atoms with van der Waals surface area (Å²) in [7, 11) is 3.62. The van der Waals surface area contributed by atoms with Gasteiger partial charge in [0.25, 0.3) is 5.91 Å². The van der Waals surface area contributed by atoms with E-state index >= 15 is 0 Å². The van der Waals surface area contributed by atoms with Gasteiger partial charge < -0.3 is 19.7 Å². The number of amides is 1. The molecule has 1 amide bonds. The Hall–Kier alpha value is -4.13. The van der Waals surface area contributed by atoms with Gasteiger partial charge in [0, 0.05) is 38.0 Å². The molecular formula is C30H34N2O5. The Balaban J connectivity index is 1.67. The highest BCUT2D eigenvalue weighted by Gasteiger charge is 2.18. The molecule has 0 fully saturated rings. The molecule has 0 saturated carbocycles. The summed E-state index contributed by atoms with van der Waals surface area (Å²) in [5, 5.41) is 4.75. The molecule has 7 nitrogen and oxygen atoms in total. The molecule has 0 saturated heterocycles. The molecule has 0 radical (unpaired) electrons. The number of carbonyl (C=O) groups is 3. The first-order chi connectivity index (χ1) is 17.4. The first-order valence-electron chi connectivity index (χ1n) is 12.1. The summed E-state index contributed by atoms with van der Waals surface area (Å²) in [5.74, 6) is -0.362. The Morgan fingerprint density at radius 3 is 2.16 bits per heavy atom. The van der Waals surface area contributed by atoms with Crippen LogP contribution in [0.1, 0.15) is 53.5 Å². The molecule has 7 heteroatoms. The normalized spacial score (nSPS) is 11.7. The van der Waals surface area contributed by atoms with Crippen LogP contribution in [0.4, 0.5) is 0 Å². The SMILES string of the molecule is Cc1ccc2cc(C(=O)/C(=C/N(C)C)Oc3ccc(C(=O)NCCC(=O)OC(C)(C)C)cc3)ccc2c1. The van der Waals surface area contributed by atoms with E-state index in [4.69, 9.17) is 9.47 Å². The van der Waals surface area contributed by atoms with Crippen LogP contribution in [0.15, 0.2) is 72.6 Å². The van der Waals surface area contributed by atoms with Gasteiger partial charge in [-0.1, -0.05) is 35.9 Å². The van der Waals surface area contributed by atoms with Gasteiger partial charge in [-0.2, -0.15) is 0 Å². The number of benzene rings is 3. The van der Waals surface area contributed by atoms with Gasteiger partial charge >= 0.3 is 5.97 Å². The van der Waals surface area contributed by atoms with Crippen molar-refractivity contribution >= 4 is 28.4 Å². The molecule has 1 N–H and O–H groups in total. The average Bonchev–Trinajstić information content (AvgIpc) is 2.81.